The van der Waals surface area contributed by atoms with Gasteiger partial charge in [-0.25, -0.2) is 4.98 Å². The molecule has 2 aromatic carbocycles. The summed E-state index contributed by atoms with van der Waals surface area (Å²) in [4.78, 5) is 14.7. The number of benzene rings is 2. The number of nitrogens with zero attached hydrogens (tertiary/aromatic N) is 3. The molecule has 0 aliphatic heterocycles. The summed E-state index contributed by atoms with van der Waals surface area (Å²) in [6.45, 7) is 0. The maximum Gasteiger partial charge on any atom is 0.269 e. The van der Waals surface area contributed by atoms with E-state index in [0.29, 0.717) is 40.0 Å². The molecule has 0 saturated heterocycles. The van der Waals surface area contributed by atoms with Gasteiger partial charge in [-0.2, -0.15) is 5.10 Å². The van der Waals surface area contributed by atoms with Crippen molar-refractivity contribution >= 4 is 5.69 Å². The Kier molecular flexibility index (Phi) is 4.70. The number of hydrogen-bond acceptors (Lipinski definition) is 7. The Morgan fingerprint density at radius 2 is 1.58 bits per heavy atom. The zero-order valence-corrected chi connectivity index (χ0v) is 14.3. The van der Waals surface area contributed by atoms with Crippen LogP contribution in [-0.4, -0.2) is 41.4 Å². The molecule has 0 fully saturated rings. The quantitative estimate of drug-likeness (QED) is 0.533. The first-order chi connectivity index (χ1) is 12.6. The summed E-state index contributed by atoms with van der Waals surface area (Å²) in [6.07, 6.45) is 0. The number of non-ortho nitro benzene ring substituents is 1. The Labute approximate surface area is 148 Å². The lowest BCUT2D eigenvalue weighted by Gasteiger charge is -2.12. The number of rotatable bonds is 6. The first-order valence-corrected chi connectivity index (χ1v) is 7.55. The van der Waals surface area contributed by atoms with E-state index in [4.69, 9.17) is 14.2 Å². The van der Waals surface area contributed by atoms with Gasteiger partial charge >= 0.3 is 0 Å². The van der Waals surface area contributed by atoms with Crippen LogP contribution in [0.3, 0.4) is 0 Å². The molecule has 0 spiro atoms. The highest BCUT2D eigenvalue weighted by Crippen LogP contribution is 2.40. The van der Waals surface area contributed by atoms with Crippen molar-refractivity contribution in [3.05, 3.63) is 46.5 Å². The van der Waals surface area contributed by atoms with Crippen molar-refractivity contribution in [2.24, 2.45) is 0 Å². The van der Waals surface area contributed by atoms with Crippen molar-refractivity contribution in [3.63, 3.8) is 0 Å². The second-order valence-corrected chi connectivity index (χ2v) is 5.23. The standard InChI is InChI=1S/C17H16N4O5/c1-24-13-8-11(9-14(25-2)15(13)26-3)17-18-16(19-20-17)10-4-6-12(7-5-10)21(22)23/h4-9H,1-3H3,(H,18,19,20). The van der Waals surface area contributed by atoms with E-state index in [2.05, 4.69) is 15.2 Å². The molecular formula is C17H16N4O5. The Bertz CT molecular complexity index is 912. The fourth-order valence-electron chi connectivity index (χ4n) is 2.47. The number of aromatic nitrogens is 3. The Morgan fingerprint density at radius 1 is 0.962 bits per heavy atom. The molecule has 0 amide bonds. The third-order valence-corrected chi connectivity index (χ3v) is 3.76. The van der Waals surface area contributed by atoms with E-state index in [9.17, 15) is 10.1 Å². The summed E-state index contributed by atoms with van der Waals surface area (Å²) in [5, 5.41) is 17.8. The summed E-state index contributed by atoms with van der Waals surface area (Å²) in [6, 6.07) is 9.53. The molecule has 1 aromatic heterocycles. The van der Waals surface area contributed by atoms with Gasteiger partial charge in [0.1, 0.15) is 0 Å². The van der Waals surface area contributed by atoms with E-state index in [1.165, 1.54) is 33.5 Å². The van der Waals surface area contributed by atoms with Crippen LogP contribution in [0.5, 0.6) is 17.2 Å². The zero-order chi connectivity index (χ0) is 18.7. The van der Waals surface area contributed by atoms with Crippen molar-refractivity contribution < 1.29 is 19.1 Å². The summed E-state index contributed by atoms with van der Waals surface area (Å²) in [5.74, 6) is 2.37. The molecule has 0 aliphatic carbocycles. The second kappa shape index (κ2) is 7.09. The highest BCUT2D eigenvalue weighted by molar-refractivity contribution is 5.68. The first kappa shape index (κ1) is 17.2. The number of nitro groups is 1. The SMILES string of the molecule is COc1cc(-c2n[nH]c(-c3ccc([N+](=O)[O-])cc3)n2)cc(OC)c1OC. The average molecular weight is 356 g/mol. The Morgan fingerprint density at radius 3 is 2.08 bits per heavy atom. The number of ether oxygens (including phenoxy) is 3. The number of nitrogens with one attached hydrogen (secondary N) is 1. The smallest absolute Gasteiger partial charge is 0.269 e. The monoisotopic (exact) mass is 356 g/mol. The van der Waals surface area contributed by atoms with Crippen molar-refractivity contribution in [1.82, 2.24) is 15.2 Å². The predicted octanol–water partition coefficient (Wildman–Crippen LogP) is 3.07. The summed E-state index contributed by atoms with van der Waals surface area (Å²) in [7, 11) is 4.59. The molecule has 9 heteroatoms. The minimum atomic E-state index is -0.453. The van der Waals surface area contributed by atoms with Gasteiger partial charge < -0.3 is 14.2 Å². The summed E-state index contributed by atoms with van der Waals surface area (Å²) >= 11 is 0. The largest absolute Gasteiger partial charge is 0.493 e. The van der Waals surface area contributed by atoms with Crippen molar-refractivity contribution in [2.75, 3.05) is 21.3 Å². The van der Waals surface area contributed by atoms with E-state index in [1.807, 2.05) is 0 Å². The van der Waals surface area contributed by atoms with Crippen molar-refractivity contribution in [1.29, 1.82) is 0 Å². The lowest BCUT2D eigenvalue weighted by molar-refractivity contribution is -0.384. The van der Waals surface area contributed by atoms with Crippen LogP contribution in [0.25, 0.3) is 22.8 Å². The van der Waals surface area contributed by atoms with Crippen LogP contribution in [0.2, 0.25) is 0 Å². The third kappa shape index (κ3) is 3.14. The van der Waals surface area contributed by atoms with Crippen LogP contribution in [0.15, 0.2) is 36.4 Å². The zero-order valence-electron chi connectivity index (χ0n) is 14.3. The summed E-state index contributed by atoms with van der Waals surface area (Å²) in [5.41, 5.74) is 1.36. The van der Waals surface area contributed by atoms with Crippen LogP contribution in [0.4, 0.5) is 5.69 Å². The molecule has 1 heterocycles. The number of nitro benzene ring substituents is 1. The molecule has 26 heavy (non-hydrogen) atoms. The maximum absolute atomic E-state index is 10.7. The van der Waals surface area contributed by atoms with Crippen LogP contribution >= 0.6 is 0 Å². The second-order valence-electron chi connectivity index (χ2n) is 5.23. The van der Waals surface area contributed by atoms with E-state index < -0.39 is 4.92 Å². The van der Waals surface area contributed by atoms with Crippen LogP contribution < -0.4 is 14.2 Å². The number of H-pyrrole nitrogens is 1. The van der Waals surface area contributed by atoms with Gasteiger partial charge in [-0.3, -0.25) is 15.2 Å². The lowest BCUT2D eigenvalue weighted by Crippen LogP contribution is -1.96. The van der Waals surface area contributed by atoms with E-state index in [0.717, 1.165) is 0 Å². The molecule has 0 atom stereocenters. The fraction of sp³-hybridized carbons (Fsp3) is 0.176. The highest BCUT2D eigenvalue weighted by atomic mass is 16.6. The third-order valence-electron chi connectivity index (χ3n) is 3.76. The molecule has 9 nitrogen and oxygen atoms in total. The molecular weight excluding hydrogens is 340 g/mol. The van der Waals surface area contributed by atoms with Gasteiger partial charge in [-0.15, -0.1) is 0 Å². The Balaban J connectivity index is 1.98. The van der Waals surface area contributed by atoms with Gasteiger partial charge in [0.15, 0.2) is 23.1 Å². The molecule has 0 saturated carbocycles. The van der Waals surface area contributed by atoms with Gasteiger partial charge in [-0.1, -0.05) is 0 Å². The molecule has 134 valence electrons. The average Bonchev–Trinajstić information content (AvgIpc) is 3.17. The van der Waals surface area contributed by atoms with Gasteiger partial charge in [0.05, 0.1) is 26.3 Å². The molecule has 3 aromatic rings. The topological polar surface area (TPSA) is 112 Å². The number of hydrogen-bond donors (Lipinski definition) is 1. The minimum absolute atomic E-state index is 0.0121. The van der Waals surface area contributed by atoms with Crippen molar-refractivity contribution in [3.8, 4) is 40.0 Å². The first-order valence-electron chi connectivity index (χ1n) is 7.55. The van der Waals surface area contributed by atoms with Crippen LogP contribution in [0, 0.1) is 10.1 Å². The van der Waals surface area contributed by atoms with Gasteiger partial charge in [0.2, 0.25) is 5.75 Å². The van der Waals surface area contributed by atoms with Gasteiger partial charge in [0, 0.05) is 23.3 Å². The highest BCUT2D eigenvalue weighted by Gasteiger charge is 2.17. The van der Waals surface area contributed by atoms with E-state index >= 15 is 0 Å². The number of aromatic amines is 1. The predicted molar refractivity (Wildman–Crippen MR) is 93.6 cm³/mol. The molecule has 3 rings (SSSR count). The molecule has 0 bridgehead atoms. The van der Waals surface area contributed by atoms with E-state index in [-0.39, 0.29) is 5.69 Å². The Hall–Kier alpha value is -3.62. The van der Waals surface area contributed by atoms with Crippen molar-refractivity contribution in [2.45, 2.75) is 0 Å². The van der Waals surface area contributed by atoms with Gasteiger partial charge in [0.25, 0.3) is 5.69 Å². The fourth-order valence-corrected chi connectivity index (χ4v) is 2.47. The van der Waals surface area contributed by atoms with Crippen LogP contribution in [-0.2, 0) is 0 Å². The normalized spacial score (nSPS) is 10.4. The van der Waals surface area contributed by atoms with Gasteiger partial charge in [-0.05, 0) is 24.3 Å². The number of methoxy groups -OCH3 is 3. The molecule has 1 N–H and O–H groups in total. The lowest BCUT2D eigenvalue weighted by atomic mass is 10.1. The maximum atomic E-state index is 10.7. The minimum Gasteiger partial charge on any atom is -0.493 e. The molecule has 0 unspecified atom stereocenters. The molecule has 0 aliphatic rings. The van der Waals surface area contributed by atoms with E-state index in [1.54, 1.807) is 24.3 Å². The molecule has 0 radical (unpaired) electrons. The summed E-state index contributed by atoms with van der Waals surface area (Å²) < 4.78 is 16.0. The van der Waals surface area contributed by atoms with Crippen LogP contribution in [0.1, 0.15) is 0 Å².